The lowest BCUT2D eigenvalue weighted by Crippen LogP contribution is -2.24. The molecule has 0 heterocycles. The number of halogens is 6. The van der Waals surface area contributed by atoms with Crippen LogP contribution in [0.1, 0.15) is 41.0 Å². The maximum atomic E-state index is 12.0. The van der Waals surface area contributed by atoms with Crippen LogP contribution in [0.2, 0.25) is 0 Å². The highest BCUT2D eigenvalue weighted by Gasteiger charge is 2.38. The van der Waals surface area contributed by atoms with Gasteiger partial charge in [-0.2, -0.15) is 26.3 Å². The van der Waals surface area contributed by atoms with Crippen molar-refractivity contribution in [1.29, 1.82) is 10.8 Å². The predicted molar refractivity (Wildman–Crippen MR) is 133 cm³/mol. The molecule has 1 amide bonds. The Morgan fingerprint density at radius 3 is 1.73 bits per heavy atom. The van der Waals surface area contributed by atoms with Gasteiger partial charge in [-0.3, -0.25) is 20.5 Å². The summed E-state index contributed by atoms with van der Waals surface area (Å²) in [6.45, 7) is 0. The third-order valence-electron chi connectivity index (χ3n) is 4.85. The summed E-state index contributed by atoms with van der Waals surface area (Å²) in [5.74, 6) is -5.73. The van der Waals surface area contributed by atoms with Gasteiger partial charge in [0.25, 0.3) is 0 Å². The molecule has 0 aliphatic heterocycles. The summed E-state index contributed by atoms with van der Waals surface area (Å²) < 4.78 is 63.5. The second-order valence-corrected chi connectivity index (χ2v) is 7.92. The Kier molecular flexibility index (Phi) is 14.6. The van der Waals surface area contributed by atoms with Gasteiger partial charge in [-0.15, -0.1) is 0 Å². The second-order valence-electron chi connectivity index (χ2n) is 7.92. The van der Waals surface area contributed by atoms with Crippen LogP contribution >= 0.6 is 0 Å². The normalized spacial score (nSPS) is 11.5. The van der Waals surface area contributed by atoms with Gasteiger partial charge in [0.05, 0.1) is 7.11 Å². The van der Waals surface area contributed by atoms with Gasteiger partial charge in [-0.25, -0.2) is 15.1 Å². The van der Waals surface area contributed by atoms with Gasteiger partial charge in [0.1, 0.15) is 11.7 Å². The number of hydrogen-bond acceptors (Lipinski definition) is 6. The molecule has 11 nitrogen and oxygen atoms in total. The third kappa shape index (κ3) is 14.9. The van der Waals surface area contributed by atoms with Gasteiger partial charge < -0.3 is 21.7 Å². The third-order valence-corrected chi connectivity index (χ3v) is 4.85. The number of carboxylic acids is 2. The van der Waals surface area contributed by atoms with Gasteiger partial charge >= 0.3 is 24.3 Å². The van der Waals surface area contributed by atoms with Crippen LogP contribution in [0.4, 0.5) is 26.3 Å². The lowest BCUT2D eigenvalue weighted by atomic mass is 9.88. The Bertz CT molecular complexity index is 1180. The number of amidine groups is 2. The monoisotopic (exact) mass is 595 g/mol. The highest BCUT2D eigenvalue weighted by Crippen LogP contribution is 2.26. The van der Waals surface area contributed by atoms with Crippen LogP contribution < -0.4 is 16.9 Å². The quantitative estimate of drug-likeness (QED) is 0.0986. The van der Waals surface area contributed by atoms with Crippen molar-refractivity contribution in [3.8, 4) is 0 Å². The number of hydrogen-bond donors (Lipinski definition) is 7. The smallest absolute Gasteiger partial charge is 0.475 e. The molecule has 0 radical (unpaired) electrons. The van der Waals surface area contributed by atoms with Gasteiger partial charge in [0, 0.05) is 17.5 Å². The molecule has 0 aliphatic rings. The number of nitrogen functional groups attached to an aromatic ring is 2. The van der Waals surface area contributed by atoms with Crippen LogP contribution in [0.5, 0.6) is 0 Å². The Balaban J connectivity index is 0.000000941. The number of aliphatic carboxylic acids is 2. The van der Waals surface area contributed by atoms with Crippen LogP contribution in [0.3, 0.4) is 0 Å². The molecule has 0 aliphatic carbocycles. The van der Waals surface area contributed by atoms with E-state index in [1.165, 1.54) is 7.11 Å². The predicted octanol–water partition coefficient (Wildman–Crippen LogP) is 3.31. The average Bonchev–Trinajstić information content (AvgIpc) is 2.86. The van der Waals surface area contributed by atoms with E-state index in [-0.39, 0.29) is 29.9 Å². The number of benzene rings is 2. The molecule has 9 N–H and O–H groups in total. The summed E-state index contributed by atoms with van der Waals surface area (Å²) in [5.41, 5.74) is 16.8. The number of nitrogens with one attached hydrogen (secondary N) is 3. The lowest BCUT2D eigenvalue weighted by molar-refractivity contribution is -0.193. The van der Waals surface area contributed by atoms with Gasteiger partial charge in [-0.05, 0) is 36.0 Å². The summed E-state index contributed by atoms with van der Waals surface area (Å²) in [6.07, 6.45) is -8.41. The largest absolute Gasteiger partial charge is 0.490 e. The van der Waals surface area contributed by atoms with E-state index in [4.69, 9.17) is 46.9 Å². The first kappa shape index (κ1) is 36.3. The van der Waals surface area contributed by atoms with E-state index >= 15 is 0 Å². The fraction of sp³-hybridized carbons (Fsp3) is 0.292. The van der Waals surface area contributed by atoms with Crippen LogP contribution in [-0.2, 0) is 25.6 Å². The average molecular weight is 595 g/mol. The highest BCUT2D eigenvalue weighted by atomic mass is 19.4. The van der Waals surface area contributed by atoms with Crippen LogP contribution in [0.15, 0.2) is 48.5 Å². The molecule has 17 heteroatoms. The molecule has 226 valence electrons. The number of carbonyl (C=O) groups excluding carboxylic acids is 1. The zero-order chi connectivity index (χ0) is 32.0. The zero-order valence-corrected chi connectivity index (χ0v) is 21.3. The molecular formula is C24H27F6N5O6. The molecule has 41 heavy (non-hydrogen) atoms. The molecule has 0 bridgehead atoms. The van der Waals surface area contributed by atoms with E-state index in [0.717, 1.165) is 24.0 Å². The molecule has 1 unspecified atom stereocenters. The fourth-order valence-corrected chi connectivity index (χ4v) is 2.92. The fourth-order valence-electron chi connectivity index (χ4n) is 2.92. The zero-order valence-electron chi connectivity index (χ0n) is 21.3. The van der Waals surface area contributed by atoms with E-state index in [1.807, 2.05) is 42.5 Å². The molecular weight excluding hydrogens is 568 g/mol. The minimum absolute atomic E-state index is 0.00300. The standard InChI is InChI=1S/C20H25N5O2.2C2HF3O2/c1-27-25-18(26)12-16(15-3-2-4-17(11-15)20(23)24)10-7-13-5-8-14(9-6-13)19(21)22;2*3-2(4,5)1(6)7/h2-6,8-9,11,16H,7,10,12H2,1H3,(H3,21,22)(H3,23,24)(H,25,26);2*(H,6,7). The van der Waals surface area contributed by atoms with Crippen LogP contribution in [0, 0.1) is 10.8 Å². The molecule has 0 saturated carbocycles. The summed E-state index contributed by atoms with van der Waals surface area (Å²) >= 11 is 0. The molecule has 2 aromatic rings. The highest BCUT2D eigenvalue weighted by molar-refractivity contribution is 5.95. The van der Waals surface area contributed by atoms with Crippen molar-refractivity contribution in [3.63, 3.8) is 0 Å². The molecule has 0 aromatic heterocycles. The maximum absolute atomic E-state index is 12.0. The molecule has 0 spiro atoms. The minimum Gasteiger partial charge on any atom is -0.475 e. The minimum atomic E-state index is -5.08. The first-order valence-corrected chi connectivity index (χ1v) is 11.1. The van der Waals surface area contributed by atoms with Gasteiger partial charge in [0.2, 0.25) is 5.91 Å². The Labute approximate surface area is 229 Å². The Hall–Kier alpha value is -4.67. The van der Waals surface area contributed by atoms with Crippen molar-refractivity contribution >= 4 is 29.5 Å². The Morgan fingerprint density at radius 2 is 1.34 bits per heavy atom. The molecule has 2 aromatic carbocycles. The summed E-state index contributed by atoms with van der Waals surface area (Å²) in [7, 11) is 1.40. The number of hydroxylamine groups is 1. The molecule has 0 saturated heterocycles. The summed E-state index contributed by atoms with van der Waals surface area (Å²) in [4.78, 5) is 34.5. The number of nitrogens with two attached hydrogens (primary N) is 2. The van der Waals surface area contributed by atoms with Crippen molar-refractivity contribution in [2.75, 3.05) is 7.11 Å². The van der Waals surface area contributed by atoms with E-state index in [1.54, 1.807) is 6.07 Å². The molecule has 1 atom stereocenters. The summed E-state index contributed by atoms with van der Waals surface area (Å²) in [5, 5.41) is 29.3. The second kappa shape index (κ2) is 16.4. The van der Waals surface area contributed by atoms with Gasteiger partial charge in [0.15, 0.2) is 0 Å². The number of aryl methyl sites for hydroxylation is 1. The van der Waals surface area contributed by atoms with Crippen molar-refractivity contribution in [1.82, 2.24) is 5.48 Å². The lowest BCUT2D eigenvalue weighted by Gasteiger charge is -2.18. The molecule has 0 fully saturated rings. The van der Waals surface area contributed by atoms with Crippen molar-refractivity contribution in [3.05, 3.63) is 70.8 Å². The first-order chi connectivity index (χ1) is 18.8. The van der Waals surface area contributed by atoms with Crippen LogP contribution in [0.25, 0.3) is 0 Å². The first-order valence-electron chi connectivity index (χ1n) is 11.1. The van der Waals surface area contributed by atoms with Crippen molar-refractivity contribution in [2.45, 2.75) is 37.5 Å². The van der Waals surface area contributed by atoms with E-state index in [9.17, 15) is 31.1 Å². The SMILES string of the molecule is CONC(=O)CC(CCc1ccc(C(=N)N)cc1)c1cccc(C(=N)N)c1.O=C(O)C(F)(F)F.O=C(O)C(F)(F)F. The van der Waals surface area contributed by atoms with E-state index in [2.05, 4.69) is 5.48 Å². The van der Waals surface area contributed by atoms with Crippen LogP contribution in [-0.4, -0.2) is 59.2 Å². The number of carbonyl (C=O) groups is 3. The van der Waals surface area contributed by atoms with Crippen molar-refractivity contribution < 1.29 is 55.8 Å². The molecule has 2 rings (SSSR count). The van der Waals surface area contributed by atoms with Gasteiger partial charge in [-0.1, -0.05) is 42.5 Å². The maximum Gasteiger partial charge on any atom is 0.490 e. The number of rotatable bonds is 9. The number of carboxylic acid groups (broad SMARTS) is 2. The number of alkyl halides is 6. The number of amides is 1. The van der Waals surface area contributed by atoms with Crippen molar-refractivity contribution in [2.24, 2.45) is 11.5 Å². The van der Waals surface area contributed by atoms with E-state index in [0.29, 0.717) is 11.1 Å². The summed E-state index contributed by atoms with van der Waals surface area (Å²) in [6, 6.07) is 14.9. The van der Waals surface area contributed by atoms with E-state index < -0.39 is 24.3 Å². The Morgan fingerprint density at radius 1 is 0.878 bits per heavy atom. The topological polar surface area (TPSA) is 213 Å².